The predicted molar refractivity (Wildman–Crippen MR) is 70.8 cm³/mol. The molecule has 1 aliphatic heterocycles. The molecule has 2 amide bonds. The number of ether oxygens (including phenoxy) is 1. The molecule has 0 unspecified atom stereocenters. The lowest BCUT2D eigenvalue weighted by Crippen LogP contribution is -2.41. The normalized spacial score (nSPS) is 14.6. The second-order valence-electron chi connectivity index (χ2n) is 3.92. The average Bonchev–Trinajstić information content (AvgIpc) is 2.71. The molecule has 0 radical (unpaired) electrons. The van der Waals surface area contributed by atoms with Crippen molar-refractivity contribution in [3.8, 4) is 0 Å². The summed E-state index contributed by atoms with van der Waals surface area (Å²) in [5.74, 6) is -0.305. The lowest BCUT2D eigenvalue weighted by molar-refractivity contribution is 0.0646. The van der Waals surface area contributed by atoms with Crippen LogP contribution in [0.15, 0.2) is 3.92 Å². The summed E-state index contributed by atoms with van der Waals surface area (Å²) >= 11 is 4.50. The minimum Gasteiger partial charge on any atom is -0.449 e. The van der Waals surface area contributed by atoms with Crippen LogP contribution in [0.4, 0.5) is 4.79 Å². The minimum absolute atomic E-state index is 0.305. The van der Waals surface area contributed by atoms with Gasteiger partial charge in [-0.05, 0) is 22.4 Å². The molecule has 0 saturated carbocycles. The van der Waals surface area contributed by atoms with Crippen molar-refractivity contribution < 1.29 is 14.3 Å². The van der Waals surface area contributed by atoms with Crippen molar-refractivity contribution in [1.29, 1.82) is 0 Å². The number of halogens is 1. The molecule has 1 aliphatic rings. The number of imide groups is 1. The summed E-state index contributed by atoms with van der Waals surface area (Å²) in [6.45, 7) is 2.71. The SMILES string of the molecule is CCCCOC(=O)N1CCc2nc(Br)sc2C1=O. The number of rotatable bonds is 3. The Morgan fingerprint density at radius 2 is 2.39 bits per heavy atom. The molecule has 0 bridgehead atoms. The van der Waals surface area contributed by atoms with Gasteiger partial charge < -0.3 is 4.74 Å². The van der Waals surface area contributed by atoms with Crippen molar-refractivity contribution in [3.63, 3.8) is 0 Å². The molecule has 0 aromatic carbocycles. The van der Waals surface area contributed by atoms with Gasteiger partial charge in [-0.3, -0.25) is 4.79 Å². The number of hydrogen-bond acceptors (Lipinski definition) is 5. The van der Waals surface area contributed by atoms with Gasteiger partial charge >= 0.3 is 6.09 Å². The number of fused-ring (bicyclic) bond motifs is 1. The van der Waals surface area contributed by atoms with Gasteiger partial charge in [-0.15, -0.1) is 11.3 Å². The molecule has 1 aromatic rings. The fourth-order valence-corrected chi connectivity index (χ4v) is 3.14. The van der Waals surface area contributed by atoms with E-state index in [0.29, 0.717) is 28.4 Å². The van der Waals surface area contributed by atoms with E-state index in [-0.39, 0.29) is 5.91 Å². The van der Waals surface area contributed by atoms with Crippen molar-refractivity contribution >= 4 is 39.3 Å². The molecule has 0 aliphatic carbocycles. The van der Waals surface area contributed by atoms with Gasteiger partial charge in [-0.2, -0.15) is 0 Å². The van der Waals surface area contributed by atoms with Gasteiger partial charge in [0.1, 0.15) is 4.88 Å². The standard InChI is InChI=1S/C11H13BrN2O3S/c1-2-3-6-17-11(16)14-5-4-7-8(9(14)15)18-10(12)13-7/h2-6H2,1H3. The number of hydrogen-bond donors (Lipinski definition) is 0. The topological polar surface area (TPSA) is 59.5 Å². The van der Waals surface area contributed by atoms with Crippen LogP contribution in [-0.4, -0.2) is 35.0 Å². The maximum Gasteiger partial charge on any atom is 0.416 e. The lowest BCUT2D eigenvalue weighted by Gasteiger charge is -2.23. The van der Waals surface area contributed by atoms with E-state index in [0.717, 1.165) is 23.4 Å². The fourth-order valence-electron chi connectivity index (χ4n) is 1.66. The van der Waals surface area contributed by atoms with E-state index in [1.807, 2.05) is 6.92 Å². The Morgan fingerprint density at radius 1 is 1.61 bits per heavy atom. The molecule has 0 N–H and O–H groups in total. The Labute approximate surface area is 117 Å². The van der Waals surface area contributed by atoms with Gasteiger partial charge in [0.15, 0.2) is 3.92 Å². The Kier molecular flexibility index (Phi) is 4.34. The van der Waals surface area contributed by atoms with Gasteiger partial charge in [0.05, 0.1) is 12.3 Å². The highest BCUT2D eigenvalue weighted by molar-refractivity contribution is 9.11. The van der Waals surface area contributed by atoms with Crippen LogP contribution in [-0.2, 0) is 11.2 Å². The van der Waals surface area contributed by atoms with Crippen LogP contribution in [0.2, 0.25) is 0 Å². The van der Waals surface area contributed by atoms with Crippen LogP contribution < -0.4 is 0 Å². The molecule has 0 spiro atoms. The van der Waals surface area contributed by atoms with E-state index in [4.69, 9.17) is 4.74 Å². The summed E-state index contributed by atoms with van der Waals surface area (Å²) in [5.41, 5.74) is 0.759. The quantitative estimate of drug-likeness (QED) is 0.798. The number of carbonyl (C=O) groups is 2. The van der Waals surface area contributed by atoms with E-state index in [1.165, 1.54) is 11.3 Å². The van der Waals surface area contributed by atoms with E-state index in [2.05, 4.69) is 20.9 Å². The predicted octanol–water partition coefficient (Wildman–Crippen LogP) is 2.84. The number of amides is 2. The minimum atomic E-state index is -0.552. The molecule has 2 heterocycles. The first kappa shape index (κ1) is 13.5. The molecule has 18 heavy (non-hydrogen) atoms. The Morgan fingerprint density at radius 3 is 3.11 bits per heavy atom. The van der Waals surface area contributed by atoms with Gasteiger partial charge in [0.25, 0.3) is 5.91 Å². The van der Waals surface area contributed by atoms with Gasteiger partial charge in [-0.1, -0.05) is 13.3 Å². The molecule has 0 saturated heterocycles. The average molecular weight is 333 g/mol. The van der Waals surface area contributed by atoms with Crippen LogP contribution in [0.5, 0.6) is 0 Å². The summed E-state index contributed by atoms with van der Waals surface area (Å²) in [5, 5.41) is 0. The van der Waals surface area contributed by atoms with Crippen LogP contribution in [0.3, 0.4) is 0 Å². The summed E-state index contributed by atoms with van der Waals surface area (Å²) in [6.07, 6.45) is 1.80. The van der Waals surface area contributed by atoms with Crippen LogP contribution in [0.1, 0.15) is 35.1 Å². The zero-order valence-corrected chi connectivity index (χ0v) is 12.3. The molecule has 2 rings (SSSR count). The van der Waals surface area contributed by atoms with Crippen LogP contribution in [0, 0.1) is 0 Å². The van der Waals surface area contributed by atoms with Crippen molar-refractivity contribution in [2.24, 2.45) is 0 Å². The van der Waals surface area contributed by atoms with Gasteiger partial charge in [0.2, 0.25) is 0 Å². The van der Waals surface area contributed by atoms with Crippen molar-refractivity contribution in [2.75, 3.05) is 13.2 Å². The van der Waals surface area contributed by atoms with Crippen molar-refractivity contribution in [1.82, 2.24) is 9.88 Å². The summed E-state index contributed by atoms with van der Waals surface area (Å²) < 4.78 is 5.72. The second kappa shape index (κ2) is 5.79. The number of thiazole rings is 1. The zero-order valence-electron chi connectivity index (χ0n) is 9.94. The molecule has 5 nitrogen and oxygen atoms in total. The highest BCUT2D eigenvalue weighted by Gasteiger charge is 2.32. The summed E-state index contributed by atoms with van der Waals surface area (Å²) in [7, 11) is 0. The van der Waals surface area contributed by atoms with E-state index < -0.39 is 6.09 Å². The van der Waals surface area contributed by atoms with Gasteiger partial charge in [-0.25, -0.2) is 14.7 Å². The third kappa shape index (κ3) is 2.72. The Bertz CT molecular complexity index is 475. The number of carbonyl (C=O) groups excluding carboxylic acids is 2. The molecular formula is C11H13BrN2O3S. The zero-order chi connectivity index (χ0) is 13.1. The van der Waals surface area contributed by atoms with E-state index in [1.54, 1.807) is 0 Å². The van der Waals surface area contributed by atoms with Crippen LogP contribution in [0.25, 0.3) is 0 Å². The monoisotopic (exact) mass is 332 g/mol. The molecule has 98 valence electrons. The smallest absolute Gasteiger partial charge is 0.416 e. The summed E-state index contributed by atoms with van der Waals surface area (Å²) in [6, 6.07) is 0. The third-order valence-electron chi connectivity index (χ3n) is 2.63. The van der Waals surface area contributed by atoms with Crippen molar-refractivity contribution in [3.05, 3.63) is 14.5 Å². The summed E-state index contributed by atoms with van der Waals surface area (Å²) in [4.78, 5) is 29.7. The van der Waals surface area contributed by atoms with Crippen molar-refractivity contribution in [2.45, 2.75) is 26.2 Å². The highest BCUT2D eigenvalue weighted by Crippen LogP contribution is 2.28. The second-order valence-corrected chi connectivity index (χ2v) is 6.19. The largest absolute Gasteiger partial charge is 0.449 e. The van der Waals surface area contributed by atoms with E-state index in [9.17, 15) is 9.59 Å². The maximum absolute atomic E-state index is 12.1. The van der Waals surface area contributed by atoms with Gasteiger partial charge in [0, 0.05) is 13.0 Å². The Hall–Kier alpha value is -0.950. The number of aromatic nitrogens is 1. The maximum atomic E-state index is 12.1. The van der Waals surface area contributed by atoms with E-state index >= 15 is 0 Å². The molecule has 0 fully saturated rings. The molecule has 7 heteroatoms. The highest BCUT2D eigenvalue weighted by atomic mass is 79.9. The first-order valence-electron chi connectivity index (χ1n) is 5.77. The molecular weight excluding hydrogens is 320 g/mol. The fraction of sp³-hybridized carbons (Fsp3) is 0.545. The third-order valence-corrected chi connectivity index (χ3v) is 4.16. The lowest BCUT2D eigenvalue weighted by atomic mass is 10.2. The Balaban J connectivity index is 2.04. The number of nitrogens with zero attached hydrogens (tertiary/aromatic N) is 2. The number of unbranched alkanes of at least 4 members (excludes halogenated alkanes) is 1. The first-order valence-corrected chi connectivity index (χ1v) is 7.38. The molecule has 0 atom stereocenters. The molecule has 1 aromatic heterocycles. The first-order chi connectivity index (χ1) is 8.63. The van der Waals surface area contributed by atoms with Crippen LogP contribution >= 0.6 is 27.3 Å².